The molecule has 0 N–H and O–H groups in total. The average molecular weight is 351 g/mol. The van der Waals surface area contributed by atoms with Crippen molar-refractivity contribution >= 4 is 17.8 Å². The van der Waals surface area contributed by atoms with Gasteiger partial charge in [-0.3, -0.25) is 14.5 Å². The molecule has 0 spiro atoms. The lowest BCUT2D eigenvalue weighted by Crippen LogP contribution is -2.43. The molecular weight excluding hydrogens is 322 g/mol. The summed E-state index contributed by atoms with van der Waals surface area (Å²) in [4.78, 5) is 42.4. The number of hydrogen-bond acceptors (Lipinski definition) is 4. The molecule has 2 heterocycles. The first kappa shape index (κ1) is 18.2. The second kappa shape index (κ2) is 8.17. The molecule has 0 aromatic heterocycles. The highest BCUT2D eigenvalue weighted by molar-refractivity contribution is 6.04. The molecule has 3 fully saturated rings. The summed E-state index contributed by atoms with van der Waals surface area (Å²) in [7, 11) is 1.55. The smallest absolute Gasteiger partial charge is 0.327 e. The van der Waals surface area contributed by atoms with Crippen LogP contribution in [0, 0.1) is 5.92 Å². The Morgan fingerprint density at radius 2 is 1.92 bits per heavy atom. The van der Waals surface area contributed by atoms with Crippen LogP contribution in [0.5, 0.6) is 0 Å². The van der Waals surface area contributed by atoms with Gasteiger partial charge in [0.25, 0.3) is 5.91 Å². The lowest BCUT2D eigenvalue weighted by molar-refractivity contribution is -0.133. The van der Waals surface area contributed by atoms with Crippen LogP contribution in [0.2, 0.25) is 0 Å². The maximum Gasteiger partial charge on any atom is 0.327 e. The van der Waals surface area contributed by atoms with Gasteiger partial charge in [0.05, 0.1) is 19.7 Å². The molecule has 0 aromatic carbocycles. The minimum atomic E-state index is -0.526. The highest BCUT2D eigenvalue weighted by Crippen LogP contribution is 2.29. The third-order valence-corrected chi connectivity index (χ3v) is 5.74. The Morgan fingerprint density at radius 3 is 2.64 bits per heavy atom. The van der Waals surface area contributed by atoms with E-state index in [4.69, 9.17) is 4.74 Å². The Bertz CT molecular complexity index is 518. The van der Waals surface area contributed by atoms with Crippen LogP contribution in [0.25, 0.3) is 0 Å². The van der Waals surface area contributed by atoms with E-state index in [0.29, 0.717) is 38.6 Å². The van der Waals surface area contributed by atoms with Crippen LogP contribution in [0.4, 0.5) is 4.79 Å². The largest absolute Gasteiger partial charge is 0.383 e. The van der Waals surface area contributed by atoms with Crippen molar-refractivity contribution in [3.63, 3.8) is 0 Å². The number of hydrogen-bond donors (Lipinski definition) is 0. The number of fused-ring (bicyclic) bond motifs is 1. The third kappa shape index (κ3) is 3.97. The van der Waals surface area contributed by atoms with Gasteiger partial charge in [0.2, 0.25) is 5.91 Å². The van der Waals surface area contributed by atoms with E-state index in [1.165, 1.54) is 30.6 Å². The third-order valence-electron chi connectivity index (χ3n) is 5.74. The molecule has 7 nitrogen and oxygen atoms in total. The van der Waals surface area contributed by atoms with Crippen molar-refractivity contribution in [2.75, 3.05) is 39.9 Å². The summed E-state index contributed by atoms with van der Waals surface area (Å²) >= 11 is 0. The predicted molar refractivity (Wildman–Crippen MR) is 91.9 cm³/mol. The van der Waals surface area contributed by atoms with Crippen molar-refractivity contribution in [1.82, 2.24) is 14.7 Å². The maximum atomic E-state index is 12.6. The van der Waals surface area contributed by atoms with E-state index < -0.39 is 6.04 Å². The van der Waals surface area contributed by atoms with Gasteiger partial charge in [-0.1, -0.05) is 25.7 Å². The van der Waals surface area contributed by atoms with Gasteiger partial charge < -0.3 is 14.5 Å². The highest BCUT2D eigenvalue weighted by atomic mass is 16.5. The quantitative estimate of drug-likeness (QED) is 0.680. The zero-order valence-electron chi connectivity index (χ0n) is 15.1. The van der Waals surface area contributed by atoms with Crippen molar-refractivity contribution in [2.45, 2.75) is 51.0 Å². The van der Waals surface area contributed by atoms with E-state index in [9.17, 15) is 14.4 Å². The van der Waals surface area contributed by atoms with Crippen LogP contribution in [-0.4, -0.2) is 78.5 Å². The number of nitrogens with zero attached hydrogens (tertiary/aromatic N) is 3. The Balaban J connectivity index is 1.58. The molecule has 3 aliphatic rings. The van der Waals surface area contributed by atoms with Gasteiger partial charge in [-0.2, -0.15) is 0 Å². The summed E-state index contributed by atoms with van der Waals surface area (Å²) in [6.07, 6.45) is 7.30. The van der Waals surface area contributed by atoms with E-state index >= 15 is 0 Å². The number of carbonyl (C=O) groups excluding carboxylic acids is 3. The van der Waals surface area contributed by atoms with Gasteiger partial charge in [-0.25, -0.2) is 4.79 Å². The van der Waals surface area contributed by atoms with Crippen LogP contribution in [0.3, 0.4) is 0 Å². The van der Waals surface area contributed by atoms with Gasteiger partial charge in [-0.05, 0) is 18.8 Å². The number of carbonyl (C=O) groups is 3. The van der Waals surface area contributed by atoms with Crippen molar-refractivity contribution in [1.29, 1.82) is 0 Å². The first-order valence-corrected chi connectivity index (χ1v) is 9.50. The summed E-state index contributed by atoms with van der Waals surface area (Å²) in [6, 6.07) is -0.769. The molecule has 7 heteroatoms. The minimum Gasteiger partial charge on any atom is -0.383 e. The molecule has 1 saturated carbocycles. The van der Waals surface area contributed by atoms with E-state index in [2.05, 4.69) is 0 Å². The van der Waals surface area contributed by atoms with Gasteiger partial charge in [0, 0.05) is 26.6 Å². The number of ether oxygens (including phenoxy) is 1. The molecule has 2 aliphatic heterocycles. The van der Waals surface area contributed by atoms with E-state index in [-0.39, 0.29) is 24.4 Å². The fraction of sp³-hybridized carbons (Fsp3) is 0.833. The van der Waals surface area contributed by atoms with Crippen LogP contribution >= 0.6 is 0 Å². The summed E-state index contributed by atoms with van der Waals surface area (Å²) in [5, 5.41) is 0. The van der Waals surface area contributed by atoms with Gasteiger partial charge in [0.1, 0.15) is 6.04 Å². The predicted octanol–water partition coefficient (Wildman–Crippen LogP) is 1.47. The second-order valence-electron chi connectivity index (χ2n) is 7.36. The molecule has 0 bridgehead atoms. The maximum absolute atomic E-state index is 12.6. The molecule has 140 valence electrons. The first-order chi connectivity index (χ1) is 12.1. The fourth-order valence-corrected chi connectivity index (χ4v) is 4.26. The molecular formula is C18H29N3O4. The first-order valence-electron chi connectivity index (χ1n) is 9.50. The SMILES string of the molecule is COCCN1C(=O)C2CN(C(=O)CCC3CCCC3)CCCN2C1=O. The molecule has 1 aliphatic carbocycles. The van der Waals surface area contributed by atoms with Gasteiger partial charge in [0.15, 0.2) is 0 Å². The van der Waals surface area contributed by atoms with E-state index in [1.54, 1.807) is 16.9 Å². The zero-order valence-corrected chi connectivity index (χ0v) is 15.1. The number of amides is 4. The summed E-state index contributed by atoms with van der Waals surface area (Å²) in [6.45, 7) is 2.11. The van der Waals surface area contributed by atoms with Crippen LogP contribution in [-0.2, 0) is 14.3 Å². The Kier molecular flexibility index (Phi) is 5.93. The normalized spacial score (nSPS) is 24.8. The average Bonchev–Trinajstić information content (AvgIpc) is 3.11. The molecule has 1 unspecified atom stereocenters. The highest BCUT2D eigenvalue weighted by Gasteiger charge is 2.46. The monoisotopic (exact) mass is 351 g/mol. The lowest BCUT2D eigenvalue weighted by Gasteiger charge is -2.24. The topological polar surface area (TPSA) is 70.2 Å². The standard InChI is InChI=1S/C18H29N3O4/c1-25-12-11-21-17(23)15-13-19(9-4-10-20(15)18(21)24)16(22)8-7-14-5-2-3-6-14/h14-15H,2-13H2,1H3. The molecule has 25 heavy (non-hydrogen) atoms. The second-order valence-corrected chi connectivity index (χ2v) is 7.36. The van der Waals surface area contributed by atoms with Crippen molar-refractivity contribution < 1.29 is 19.1 Å². The molecule has 1 atom stereocenters. The van der Waals surface area contributed by atoms with E-state index in [1.807, 2.05) is 0 Å². The number of imide groups is 1. The minimum absolute atomic E-state index is 0.129. The zero-order chi connectivity index (χ0) is 17.8. The fourth-order valence-electron chi connectivity index (χ4n) is 4.26. The number of urea groups is 1. The molecule has 3 rings (SSSR count). The lowest BCUT2D eigenvalue weighted by atomic mass is 10.0. The Hall–Kier alpha value is -1.63. The summed E-state index contributed by atoms with van der Waals surface area (Å²) < 4.78 is 4.99. The number of methoxy groups -OCH3 is 1. The van der Waals surface area contributed by atoms with Crippen LogP contribution < -0.4 is 0 Å². The van der Waals surface area contributed by atoms with E-state index in [0.717, 1.165) is 12.8 Å². The van der Waals surface area contributed by atoms with Crippen LogP contribution in [0.1, 0.15) is 44.9 Å². The van der Waals surface area contributed by atoms with Gasteiger partial charge in [-0.15, -0.1) is 0 Å². The molecule has 0 aromatic rings. The van der Waals surface area contributed by atoms with Gasteiger partial charge >= 0.3 is 6.03 Å². The Morgan fingerprint density at radius 1 is 1.16 bits per heavy atom. The van der Waals surface area contributed by atoms with Crippen molar-refractivity contribution in [3.05, 3.63) is 0 Å². The summed E-state index contributed by atoms with van der Waals surface area (Å²) in [5.74, 6) is 0.619. The molecule has 0 radical (unpaired) electrons. The molecule has 4 amide bonds. The Labute approximate surface area is 149 Å². The molecule has 2 saturated heterocycles. The van der Waals surface area contributed by atoms with Crippen molar-refractivity contribution in [2.24, 2.45) is 5.92 Å². The van der Waals surface area contributed by atoms with Crippen molar-refractivity contribution in [3.8, 4) is 0 Å². The number of rotatable bonds is 6. The van der Waals surface area contributed by atoms with Crippen LogP contribution in [0.15, 0.2) is 0 Å². The summed E-state index contributed by atoms with van der Waals surface area (Å²) in [5.41, 5.74) is 0.